The number of halogens is 2. The van der Waals surface area contributed by atoms with Crippen LogP contribution < -0.4 is 5.32 Å². The molecule has 2 rings (SSSR count). The first-order valence-electron chi connectivity index (χ1n) is 7.49. The van der Waals surface area contributed by atoms with E-state index in [4.69, 9.17) is 11.6 Å². The quantitative estimate of drug-likeness (QED) is 0.922. The lowest BCUT2D eigenvalue weighted by Crippen LogP contribution is -2.47. The Balaban J connectivity index is 1.97. The molecule has 0 spiro atoms. The molecule has 0 radical (unpaired) electrons. The third-order valence-corrected chi connectivity index (χ3v) is 4.29. The predicted molar refractivity (Wildman–Crippen MR) is 82.9 cm³/mol. The van der Waals surface area contributed by atoms with Gasteiger partial charge < -0.3 is 4.90 Å². The van der Waals surface area contributed by atoms with E-state index in [1.807, 2.05) is 18.7 Å². The van der Waals surface area contributed by atoms with Crippen LogP contribution in [0, 0.1) is 5.82 Å². The molecule has 3 nitrogen and oxygen atoms in total. The van der Waals surface area contributed by atoms with Crippen LogP contribution in [-0.2, 0) is 4.79 Å². The van der Waals surface area contributed by atoms with Crippen molar-refractivity contribution in [3.8, 4) is 0 Å². The molecule has 0 aliphatic carbocycles. The third-order valence-electron chi connectivity index (χ3n) is 3.97. The van der Waals surface area contributed by atoms with Crippen molar-refractivity contribution in [3.05, 3.63) is 34.6 Å². The molecule has 1 saturated heterocycles. The highest BCUT2D eigenvalue weighted by Crippen LogP contribution is 2.24. The normalized spacial score (nSPS) is 18.4. The lowest BCUT2D eigenvalue weighted by molar-refractivity contribution is -0.134. The molecular weight excluding hydrogens is 291 g/mol. The van der Waals surface area contributed by atoms with E-state index in [0.717, 1.165) is 31.5 Å². The SMILES string of the molecule is CC(NC(C)c1ccc(F)cc1Cl)C(=O)N1CCCCC1. The lowest BCUT2D eigenvalue weighted by atomic mass is 10.1. The number of benzene rings is 1. The fourth-order valence-electron chi connectivity index (χ4n) is 2.78. The Morgan fingerprint density at radius 2 is 1.95 bits per heavy atom. The number of carbonyl (C=O) groups is 1. The van der Waals surface area contributed by atoms with Crippen LogP contribution in [0.3, 0.4) is 0 Å². The molecule has 1 heterocycles. The molecule has 116 valence electrons. The monoisotopic (exact) mass is 312 g/mol. The van der Waals surface area contributed by atoms with Crippen LogP contribution in [0.25, 0.3) is 0 Å². The largest absolute Gasteiger partial charge is 0.341 e. The topological polar surface area (TPSA) is 32.3 Å². The minimum absolute atomic E-state index is 0.109. The maximum absolute atomic E-state index is 13.1. The van der Waals surface area contributed by atoms with Gasteiger partial charge in [-0.3, -0.25) is 10.1 Å². The van der Waals surface area contributed by atoms with E-state index in [0.29, 0.717) is 5.02 Å². The average Bonchev–Trinajstić information content (AvgIpc) is 2.47. The van der Waals surface area contributed by atoms with Gasteiger partial charge in [-0.1, -0.05) is 17.7 Å². The second-order valence-corrected chi connectivity index (χ2v) is 6.07. The highest BCUT2D eigenvalue weighted by Gasteiger charge is 2.23. The van der Waals surface area contributed by atoms with Crippen LogP contribution in [0.15, 0.2) is 18.2 Å². The summed E-state index contributed by atoms with van der Waals surface area (Å²) in [4.78, 5) is 14.3. The van der Waals surface area contributed by atoms with Crippen molar-refractivity contribution in [1.82, 2.24) is 10.2 Å². The minimum Gasteiger partial charge on any atom is -0.341 e. The number of nitrogens with zero attached hydrogens (tertiary/aromatic N) is 1. The lowest BCUT2D eigenvalue weighted by Gasteiger charge is -2.30. The van der Waals surface area contributed by atoms with E-state index in [-0.39, 0.29) is 23.8 Å². The Hall–Kier alpha value is -1.13. The standard InChI is InChI=1S/C16H22ClFN2O/c1-11(14-7-6-13(18)10-15(14)17)19-12(2)16(21)20-8-4-3-5-9-20/h6-7,10-12,19H,3-5,8-9H2,1-2H3. The number of carbonyl (C=O) groups excluding carboxylic acids is 1. The molecule has 0 saturated carbocycles. The number of piperidine rings is 1. The molecular formula is C16H22ClFN2O. The fraction of sp³-hybridized carbons (Fsp3) is 0.562. The van der Waals surface area contributed by atoms with Crippen molar-refractivity contribution in [2.75, 3.05) is 13.1 Å². The maximum atomic E-state index is 13.1. The smallest absolute Gasteiger partial charge is 0.239 e. The van der Waals surface area contributed by atoms with Gasteiger partial charge in [-0.2, -0.15) is 0 Å². The zero-order valence-corrected chi connectivity index (χ0v) is 13.3. The van der Waals surface area contributed by atoms with Gasteiger partial charge in [0.05, 0.1) is 6.04 Å². The van der Waals surface area contributed by atoms with Gasteiger partial charge in [-0.25, -0.2) is 4.39 Å². The van der Waals surface area contributed by atoms with Crippen molar-refractivity contribution in [2.45, 2.75) is 45.2 Å². The van der Waals surface area contributed by atoms with Crippen molar-refractivity contribution < 1.29 is 9.18 Å². The van der Waals surface area contributed by atoms with Gasteiger partial charge in [0.15, 0.2) is 0 Å². The number of nitrogens with one attached hydrogen (secondary N) is 1. The molecule has 21 heavy (non-hydrogen) atoms. The van der Waals surface area contributed by atoms with Crippen molar-refractivity contribution in [1.29, 1.82) is 0 Å². The first-order chi connectivity index (χ1) is 9.99. The van der Waals surface area contributed by atoms with E-state index >= 15 is 0 Å². The van der Waals surface area contributed by atoms with E-state index in [2.05, 4.69) is 5.32 Å². The van der Waals surface area contributed by atoms with E-state index in [1.54, 1.807) is 6.07 Å². The Bertz CT molecular complexity index is 503. The summed E-state index contributed by atoms with van der Waals surface area (Å²) in [5, 5.41) is 3.64. The van der Waals surface area contributed by atoms with Gasteiger partial charge in [0.1, 0.15) is 5.82 Å². The average molecular weight is 313 g/mol. The molecule has 1 aliphatic heterocycles. The third kappa shape index (κ3) is 4.17. The number of amides is 1. The Morgan fingerprint density at radius 3 is 2.57 bits per heavy atom. The summed E-state index contributed by atoms with van der Waals surface area (Å²) in [6.45, 7) is 5.48. The van der Waals surface area contributed by atoms with Gasteiger partial charge in [0, 0.05) is 24.2 Å². The number of rotatable bonds is 4. The molecule has 1 amide bonds. The van der Waals surface area contributed by atoms with Crippen LogP contribution in [-0.4, -0.2) is 29.9 Å². The highest BCUT2D eigenvalue weighted by atomic mass is 35.5. The number of hydrogen-bond acceptors (Lipinski definition) is 2. The zero-order valence-electron chi connectivity index (χ0n) is 12.5. The summed E-state index contributed by atoms with van der Waals surface area (Å²) in [5.74, 6) is -0.229. The molecule has 5 heteroatoms. The molecule has 1 aromatic rings. The molecule has 0 bridgehead atoms. The summed E-state index contributed by atoms with van der Waals surface area (Å²) in [6, 6.07) is 3.96. The van der Waals surface area contributed by atoms with Crippen LogP contribution in [0.1, 0.15) is 44.7 Å². The van der Waals surface area contributed by atoms with Crippen LogP contribution in [0.2, 0.25) is 5.02 Å². The Labute approximate surface area is 130 Å². The second-order valence-electron chi connectivity index (χ2n) is 5.66. The molecule has 1 aromatic carbocycles. The maximum Gasteiger partial charge on any atom is 0.239 e. The van der Waals surface area contributed by atoms with E-state index in [9.17, 15) is 9.18 Å². The summed E-state index contributed by atoms with van der Waals surface area (Å²) >= 11 is 6.06. The Kier molecular flexibility index (Phi) is 5.59. The van der Waals surface area contributed by atoms with Crippen LogP contribution in [0.5, 0.6) is 0 Å². The van der Waals surface area contributed by atoms with Crippen LogP contribution in [0.4, 0.5) is 4.39 Å². The van der Waals surface area contributed by atoms with Crippen molar-refractivity contribution in [2.24, 2.45) is 0 Å². The molecule has 1 N–H and O–H groups in total. The van der Waals surface area contributed by atoms with Crippen molar-refractivity contribution >= 4 is 17.5 Å². The molecule has 1 aliphatic rings. The van der Waals surface area contributed by atoms with Gasteiger partial charge in [0.25, 0.3) is 0 Å². The van der Waals surface area contributed by atoms with Crippen LogP contribution >= 0.6 is 11.6 Å². The van der Waals surface area contributed by atoms with E-state index < -0.39 is 0 Å². The van der Waals surface area contributed by atoms with E-state index in [1.165, 1.54) is 18.6 Å². The summed E-state index contributed by atoms with van der Waals surface area (Å²) < 4.78 is 13.1. The fourth-order valence-corrected chi connectivity index (χ4v) is 3.11. The number of hydrogen-bond donors (Lipinski definition) is 1. The van der Waals surface area contributed by atoms with Gasteiger partial charge >= 0.3 is 0 Å². The first kappa shape index (κ1) is 16.2. The minimum atomic E-state index is -0.353. The Morgan fingerprint density at radius 1 is 1.29 bits per heavy atom. The summed E-state index contributed by atoms with van der Waals surface area (Å²) in [7, 11) is 0. The zero-order chi connectivity index (χ0) is 15.4. The summed E-state index contributed by atoms with van der Waals surface area (Å²) in [6.07, 6.45) is 3.36. The second kappa shape index (κ2) is 7.23. The first-order valence-corrected chi connectivity index (χ1v) is 7.86. The molecule has 1 fully saturated rings. The molecule has 2 atom stereocenters. The van der Waals surface area contributed by atoms with Gasteiger partial charge in [0.2, 0.25) is 5.91 Å². The predicted octanol–water partition coefficient (Wildman–Crippen LogP) is 3.53. The number of likely N-dealkylation sites (tertiary alicyclic amines) is 1. The molecule has 0 aromatic heterocycles. The van der Waals surface area contributed by atoms with Gasteiger partial charge in [-0.05, 0) is 50.8 Å². The molecule has 2 unspecified atom stereocenters. The van der Waals surface area contributed by atoms with Gasteiger partial charge in [-0.15, -0.1) is 0 Å². The highest BCUT2D eigenvalue weighted by molar-refractivity contribution is 6.31. The summed E-state index contributed by atoms with van der Waals surface area (Å²) in [5.41, 5.74) is 0.802. The van der Waals surface area contributed by atoms with Crippen molar-refractivity contribution in [3.63, 3.8) is 0 Å².